The van der Waals surface area contributed by atoms with E-state index in [4.69, 9.17) is 4.42 Å². The van der Waals surface area contributed by atoms with E-state index < -0.39 is 0 Å². The quantitative estimate of drug-likeness (QED) is 0.778. The first kappa shape index (κ1) is 16.2. The van der Waals surface area contributed by atoms with Crippen LogP contribution in [-0.4, -0.2) is 44.5 Å². The average molecular weight is 327 g/mol. The molecule has 7 nitrogen and oxygen atoms in total. The van der Waals surface area contributed by atoms with Crippen LogP contribution in [0.2, 0.25) is 0 Å². The lowest BCUT2D eigenvalue weighted by atomic mass is 9.95. The molecule has 1 N–H and O–H groups in total. The second kappa shape index (κ2) is 6.43. The Morgan fingerprint density at radius 3 is 2.79 bits per heavy atom. The Morgan fingerprint density at radius 2 is 2.08 bits per heavy atom. The summed E-state index contributed by atoms with van der Waals surface area (Å²) in [5, 5.41) is 14.7. The van der Waals surface area contributed by atoms with Gasteiger partial charge in [-0.1, -0.05) is 44.2 Å². The topological polar surface area (TPSA) is 87.9 Å². The molecule has 0 atom stereocenters. The van der Waals surface area contributed by atoms with Gasteiger partial charge in [0.05, 0.1) is 5.56 Å². The second-order valence-corrected chi connectivity index (χ2v) is 7.01. The summed E-state index contributed by atoms with van der Waals surface area (Å²) in [4.78, 5) is 14.9. The SMILES string of the molecule is CC(C)(C)CN(CCc1nn[nH]n1)C(=O)c1coc2ccccc12. The summed E-state index contributed by atoms with van der Waals surface area (Å²) in [5.74, 6) is 0.553. The van der Waals surface area contributed by atoms with Crippen LogP contribution >= 0.6 is 0 Å². The van der Waals surface area contributed by atoms with Crippen LogP contribution in [0.3, 0.4) is 0 Å². The third-order valence-corrected chi connectivity index (χ3v) is 3.66. The highest BCUT2D eigenvalue weighted by Gasteiger charge is 2.25. The second-order valence-electron chi connectivity index (χ2n) is 7.01. The van der Waals surface area contributed by atoms with Gasteiger partial charge >= 0.3 is 0 Å². The van der Waals surface area contributed by atoms with Crippen LogP contribution in [0.15, 0.2) is 34.9 Å². The normalized spacial score (nSPS) is 11.8. The van der Waals surface area contributed by atoms with Gasteiger partial charge in [-0.05, 0) is 11.5 Å². The fourth-order valence-corrected chi connectivity index (χ4v) is 2.66. The Morgan fingerprint density at radius 1 is 1.29 bits per heavy atom. The maximum atomic E-state index is 13.1. The Balaban J connectivity index is 1.84. The molecule has 3 rings (SSSR count). The van der Waals surface area contributed by atoms with Crippen molar-refractivity contribution in [2.75, 3.05) is 13.1 Å². The number of tetrazole rings is 1. The van der Waals surface area contributed by atoms with Gasteiger partial charge in [0.15, 0.2) is 5.82 Å². The van der Waals surface area contributed by atoms with E-state index in [1.54, 1.807) is 0 Å². The Bertz CT molecular complexity index is 817. The third-order valence-electron chi connectivity index (χ3n) is 3.66. The molecule has 126 valence electrons. The number of H-pyrrole nitrogens is 1. The van der Waals surface area contributed by atoms with Crippen LogP contribution in [-0.2, 0) is 6.42 Å². The molecular weight excluding hydrogens is 306 g/mol. The highest BCUT2D eigenvalue weighted by Crippen LogP contribution is 2.24. The maximum absolute atomic E-state index is 13.1. The van der Waals surface area contributed by atoms with Crippen LogP contribution in [0.4, 0.5) is 0 Å². The molecule has 2 aromatic heterocycles. The number of rotatable bonds is 5. The van der Waals surface area contributed by atoms with Crippen LogP contribution in [0.1, 0.15) is 37.0 Å². The fourth-order valence-electron chi connectivity index (χ4n) is 2.66. The summed E-state index contributed by atoms with van der Waals surface area (Å²) in [6.07, 6.45) is 2.09. The van der Waals surface area contributed by atoms with Crippen LogP contribution in [0.25, 0.3) is 11.0 Å². The van der Waals surface area contributed by atoms with Gasteiger partial charge in [0.1, 0.15) is 11.8 Å². The van der Waals surface area contributed by atoms with Crippen molar-refractivity contribution in [3.05, 3.63) is 41.9 Å². The van der Waals surface area contributed by atoms with E-state index in [9.17, 15) is 4.79 Å². The predicted octanol–water partition coefficient (Wildman–Crippen LogP) is 2.68. The molecule has 3 aromatic rings. The van der Waals surface area contributed by atoms with Crippen molar-refractivity contribution < 1.29 is 9.21 Å². The number of para-hydroxylation sites is 1. The van der Waals surface area contributed by atoms with Crippen molar-refractivity contribution in [1.82, 2.24) is 25.5 Å². The molecule has 0 aliphatic carbocycles. The Hall–Kier alpha value is -2.70. The molecule has 1 aromatic carbocycles. The number of benzene rings is 1. The molecule has 0 spiro atoms. The molecule has 7 heteroatoms. The highest BCUT2D eigenvalue weighted by molar-refractivity contribution is 6.05. The van der Waals surface area contributed by atoms with Crippen LogP contribution in [0, 0.1) is 5.41 Å². The molecular formula is C17H21N5O2. The third kappa shape index (κ3) is 3.61. The van der Waals surface area contributed by atoms with Crippen molar-refractivity contribution in [1.29, 1.82) is 0 Å². The van der Waals surface area contributed by atoms with Gasteiger partial charge in [-0.25, -0.2) is 0 Å². The van der Waals surface area contributed by atoms with E-state index in [1.165, 1.54) is 6.26 Å². The fraction of sp³-hybridized carbons (Fsp3) is 0.412. The number of fused-ring (bicyclic) bond motifs is 1. The first-order valence-corrected chi connectivity index (χ1v) is 7.92. The summed E-state index contributed by atoms with van der Waals surface area (Å²) in [7, 11) is 0. The summed E-state index contributed by atoms with van der Waals surface area (Å²) in [5.41, 5.74) is 1.28. The molecule has 0 bridgehead atoms. The number of carbonyl (C=O) groups is 1. The molecule has 0 unspecified atom stereocenters. The number of nitrogens with zero attached hydrogens (tertiary/aromatic N) is 4. The van der Waals surface area contributed by atoms with Gasteiger partial charge in [-0.3, -0.25) is 4.79 Å². The number of amides is 1. The first-order chi connectivity index (χ1) is 11.4. The highest BCUT2D eigenvalue weighted by atomic mass is 16.3. The van der Waals surface area contributed by atoms with Gasteiger partial charge in [0, 0.05) is 24.9 Å². The lowest BCUT2D eigenvalue weighted by Gasteiger charge is -2.29. The van der Waals surface area contributed by atoms with Crippen molar-refractivity contribution in [2.24, 2.45) is 5.41 Å². The number of carbonyl (C=O) groups excluding carboxylic acids is 1. The number of hydrogen-bond acceptors (Lipinski definition) is 5. The van der Waals surface area contributed by atoms with E-state index in [2.05, 4.69) is 41.4 Å². The number of hydrogen-bond donors (Lipinski definition) is 1. The molecule has 0 aliphatic rings. The lowest BCUT2D eigenvalue weighted by Crippen LogP contribution is -2.39. The number of aromatic nitrogens is 4. The molecule has 0 saturated heterocycles. The summed E-state index contributed by atoms with van der Waals surface area (Å²) >= 11 is 0. The van der Waals surface area contributed by atoms with Crippen LogP contribution in [0.5, 0.6) is 0 Å². The molecule has 2 heterocycles. The average Bonchev–Trinajstić information content (AvgIpc) is 3.19. The summed E-state index contributed by atoms with van der Waals surface area (Å²) in [6, 6.07) is 7.56. The Labute approximate surface area is 140 Å². The van der Waals surface area contributed by atoms with Gasteiger partial charge in [0.25, 0.3) is 5.91 Å². The Kier molecular flexibility index (Phi) is 4.33. The molecule has 24 heavy (non-hydrogen) atoms. The smallest absolute Gasteiger partial charge is 0.257 e. The van der Waals surface area contributed by atoms with E-state index >= 15 is 0 Å². The zero-order chi connectivity index (χ0) is 17.2. The summed E-state index contributed by atoms with van der Waals surface area (Å²) in [6.45, 7) is 7.47. The number of furan rings is 1. The van der Waals surface area contributed by atoms with Crippen molar-refractivity contribution in [3.8, 4) is 0 Å². The zero-order valence-corrected chi connectivity index (χ0v) is 14.1. The minimum Gasteiger partial charge on any atom is -0.463 e. The molecule has 0 saturated carbocycles. The predicted molar refractivity (Wildman–Crippen MR) is 89.5 cm³/mol. The van der Waals surface area contributed by atoms with E-state index in [1.807, 2.05) is 29.2 Å². The molecule has 0 fully saturated rings. The van der Waals surface area contributed by atoms with Gasteiger partial charge in [-0.15, -0.1) is 10.2 Å². The lowest BCUT2D eigenvalue weighted by molar-refractivity contribution is 0.0698. The summed E-state index contributed by atoms with van der Waals surface area (Å²) < 4.78 is 5.51. The minimum atomic E-state index is -0.0432. The first-order valence-electron chi connectivity index (χ1n) is 7.92. The number of aromatic amines is 1. The van der Waals surface area contributed by atoms with Gasteiger partial charge < -0.3 is 9.32 Å². The monoisotopic (exact) mass is 327 g/mol. The molecule has 1 amide bonds. The zero-order valence-electron chi connectivity index (χ0n) is 14.1. The van der Waals surface area contributed by atoms with Gasteiger partial charge in [0.2, 0.25) is 0 Å². The van der Waals surface area contributed by atoms with Gasteiger partial charge in [-0.2, -0.15) is 5.21 Å². The molecule has 0 aliphatic heterocycles. The van der Waals surface area contributed by atoms with Crippen molar-refractivity contribution in [3.63, 3.8) is 0 Å². The van der Waals surface area contributed by atoms with Crippen LogP contribution < -0.4 is 0 Å². The molecule has 0 radical (unpaired) electrons. The minimum absolute atomic E-state index is 0.0214. The van der Waals surface area contributed by atoms with E-state index in [-0.39, 0.29) is 11.3 Å². The van der Waals surface area contributed by atoms with Crippen molar-refractivity contribution in [2.45, 2.75) is 27.2 Å². The number of nitrogens with one attached hydrogen (secondary N) is 1. The largest absolute Gasteiger partial charge is 0.463 e. The van der Waals surface area contributed by atoms with Crippen molar-refractivity contribution >= 4 is 16.9 Å². The maximum Gasteiger partial charge on any atom is 0.257 e. The van der Waals surface area contributed by atoms with E-state index in [0.29, 0.717) is 30.9 Å². The van der Waals surface area contributed by atoms with E-state index in [0.717, 1.165) is 11.0 Å². The standard InChI is InChI=1S/C17H21N5O2/c1-17(2,3)11-22(9-8-15-18-20-21-19-15)16(23)13-10-24-14-7-5-4-6-12(13)14/h4-7,10H,8-9,11H2,1-3H3,(H,18,19,20,21).